The van der Waals surface area contributed by atoms with E-state index >= 15 is 0 Å². The van der Waals surface area contributed by atoms with Crippen molar-refractivity contribution in [2.75, 3.05) is 0 Å². The first-order valence-corrected chi connectivity index (χ1v) is 17.1. The summed E-state index contributed by atoms with van der Waals surface area (Å²) in [6, 6.07) is 58.0. The zero-order chi connectivity index (χ0) is 32.9. The first-order valence-electron chi connectivity index (χ1n) is 17.1. The highest BCUT2D eigenvalue weighted by atomic mass is 15.0. The van der Waals surface area contributed by atoms with Gasteiger partial charge in [-0.15, -0.1) is 0 Å². The Balaban J connectivity index is 1.24. The van der Waals surface area contributed by atoms with Crippen LogP contribution in [0.15, 0.2) is 164 Å². The van der Waals surface area contributed by atoms with Gasteiger partial charge in [-0.05, 0) is 112 Å². The van der Waals surface area contributed by atoms with E-state index in [1.54, 1.807) is 0 Å². The fraction of sp³-hybridized carbons (Fsp3) is 0.0638. The highest BCUT2D eigenvalue weighted by Crippen LogP contribution is 2.39. The highest BCUT2D eigenvalue weighted by molar-refractivity contribution is 6.10. The summed E-state index contributed by atoms with van der Waals surface area (Å²) in [6.07, 6.45) is 1.92. The summed E-state index contributed by atoms with van der Waals surface area (Å²) in [6.45, 7) is 8.03. The number of fused-ring (bicyclic) bond motifs is 6. The van der Waals surface area contributed by atoms with Crippen LogP contribution in [0.2, 0.25) is 0 Å². The predicted molar refractivity (Wildman–Crippen MR) is 210 cm³/mol. The number of hydrogen-bond acceptors (Lipinski definition) is 0. The number of para-hydroxylation sites is 2. The minimum Gasteiger partial charge on any atom is -0.341 e. The normalized spacial score (nSPS) is 11.6. The third kappa shape index (κ3) is 4.96. The molecular weight excluding hydrogens is 593 g/mol. The maximum atomic E-state index is 4.04. The number of hydrogen-bond donors (Lipinski definition) is 0. The molecule has 0 unspecified atom stereocenters. The van der Waals surface area contributed by atoms with Crippen LogP contribution < -0.4 is 0 Å². The molecule has 2 heteroatoms. The van der Waals surface area contributed by atoms with E-state index < -0.39 is 0 Å². The minimum absolute atomic E-state index is 0.834. The lowest BCUT2D eigenvalue weighted by molar-refractivity contribution is 0.827. The molecule has 0 amide bonds. The average Bonchev–Trinajstić information content (AvgIpc) is 3.66. The Kier molecular flexibility index (Phi) is 7.02. The van der Waals surface area contributed by atoms with E-state index in [2.05, 4.69) is 180 Å². The van der Waals surface area contributed by atoms with E-state index in [0.717, 1.165) is 18.7 Å². The van der Waals surface area contributed by atoms with Gasteiger partial charge in [0.05, 0.1) is 0 Å². The maximum Gasteiger partial charge on any atom is 0.0494 e. The molecule has 7 aromatic carbocycles. The molecule has 0 saturated heterocycles. The monoisotopic (exact) mass is 628 g/mol. The van der Waals surface area contributed by atoms with Gasteiger partial charge in [0.1, 0.15) is 0 Å². The molecule has 234 valence electrons. The molecule has 9 aromatic rings. The van der Waals surface area contributed by atoms with E-state index in [-0.39, 0.29) is 0 Å². The lowest BCUT2D eigenvalue weighted by atomic mass is 9.92. The Hall–Kier alpha value is -6.12. The van der Waals surface area contributed by atoms with Crippen molar-refractivity contribution in [1.29, 1.82) is 0 Å². The van der Waals surface area contributed by atoms with E-state index in [4.69, 9.17) is 0 Å². The van der Waals surface area contributed by atoms with Crippen LogP contribution in [0, 0.1) is 0 Å². The summed E-state index contributed by atoms with van der Waals surface area (Å²) in [5, 5.41) is 5.15. The van der Waals surface area contributed by atoms with Crippen LogP contribution in [0.3, 0.4) is 0 Å². The van der Waals surface area contributed by atoms with Gasteiger partial charge in [-0.3, -0.25) is 0 Å². The van der Waals surface area contributed by atoms with Crippen LogP contribution in [-0.2, 0) is 13.1 Å². The van der Waals surface area contributed by atoms with Crippen LogP contribution in [0.4, 0.5) is 0 Å². The van der Waals surface area contributed by atoms with E-state index in [9.17, 15) is 0 Å². The van der Waals surface area contributed by atoms with Gasteiger partial charge >= 0.3 is 0 Å². The molecule has 2 aromatic heterocycles. The lowest BCUT2D eigenvalue weighted by Crippen LogP contribution is -1.98. The van der Waals surface area contributed by atoms with Gasteiger partial charge in [0.25, 0.3) is 0 Å². The number of aryl methyl sites for hydroxylation is 1. The number of rotatable bonds is 7. The van der Waals surface area contributed by atoms with Gasteiger partial charge in [-0.2, -0.15) is 0 Å². The molecule has 49 heavy (non-hydrogen) atoms. The van der Waals surface area contributed by atoms with Crippen molar-refractivity contribution < 1.29 is 0 Å². The number of benzene rings is 7. The predicted octanol–water partition coefficient (Wildman–Crippen LogP) is 12.6. The summed E-state index contributed by atoms with van der Waals surface area (Å²) in [7, 11) is 0. The summed E-state index contributed by atoms with van der Waals surface area (Å²) in [4.78, 5) is 0. The molecule has 0 aliphatic heterocycles. The summed E-state index contributed by atoms with van der Waals surface area (Å²) in [5.41, 5.74) is 14.7. The van der Waals surface area contributed by atoms with Crippen molar-refractivity contribution in [1.82, 2.24) is 9.13 Å². The summed E-state index contributed by atoms with van der Waals surface area (Å²) >= 11 is 0. The first kappa shape index (κ1) is 29.1. The number of nitrogens with zero attached hydrogens (tertiary/aromatic N) is 2. The molecule has 9 rings (SSSR count). The van der Waals surface area contributed by atoms with Gasteiger partial charge in [-0.25, -0.2) is 0 Å². The van der Waals surface area contributed by atoms with Crippen LogP contribution >= 0.6 is 0 Å². The number of aromatic nitrogens is 2. The third-order valence-corrected chi connectivity index (χ3v) is 10.1. The van der Waals surface area contributed by atoms with E-state index in [0.29, 0.717) is 0 Å². The highest BCUT2D eigenvalue weighted by Gasteiger charge is 2.15. The second-order valence-electron chi connectivity index (χ2n) is 12.9. The largest absolute Gasteiger partial charge is 0.341 e. The van der Waals surface area contributed by atoms with Crippen molar-refractivity contribution in [3.8, 4) is 33.4 Å². The van der Waals surface area contributed by atoms with Crippen molar-refractivity contribution in [3.05, 3.63) is 175 Å². The summed E-state index contributed by atoms with van der Waals surface area (Å²) in [5.74, 6) is 0. The smallest absolute Gasteiger partial charge is 0.0494 e. The van der Waals surface area contributed by atoms with E-state index in [1.165, 1.54) is 82.6 Å². The van der Waals surface area contributed by atoms with Crippen LogP contribution in [0.25, 0.3) is 83.1 Å². The molecular formula is C47H36N2. The topological polar surface area (TPSA) is 9.86 Å². The molecule has 2 heterocycles. The molecule has 0 fully saturated rings. The fourth-order valence-electron chi connectivity index (χ4n) is 7.72. The van der Waals surface area contributed by atoms with Crippen molar-refractivity contribution in [3.63, 3.8) is 0 Å². The maximum absolute atomic E-state index is 4.04. The SMILES string of the molecule is C=Cc1cccc(-c2cc(-c3ccc4c(c3)c3ccccc3n4CC)cc(-c3ccc4c(c3)c3ccccc3n4Cc3ccccc3)c2)c1. The summed E-state index contributed by atoms with van der Waals surface area (Å²) < 4.78 is 4.87. The second-order valence-corrected chi connectivity index (χ2v) is 12.9. The zero-order valence-corrected chi connectivity index (χ0v) is 27.6. The van der Waals surface area contributed by atoms with Gasteiger partial charge in [0.2, 0.25) is 0 Å². The third-order valence-electron chi connectivity index (χ3n) is 10.1. The molecule has 0 radical (unpaired) electrons. The zero-order valence-electron chi connectivity index (χ0n) is 27.6. The minimum atomic E-state index is 0.834. The molecule has 0 aliphatic rings. The Morgan fingerprint density at radius 3 is 1.53 bits per heavy atom. The Labute approximate surface area is 286 Å². The molecule has 0 bridgehead atoms. The standard InChI is InChI=1S/C47H36N2/c1-3-32-15-12-16-34(25-32)37-26-38(35-21-23-46-42(29-35)40-17-8-10-19-44(40)48(46)4-2)28-39(27-37)36-22-24-47-43(30-36)41-18-9-11-20-45(41)49(47)31-33-13-6-5-7-14-33/h3,5-30H,1,4,31H2,2H3. The molecule has 0 N–H and O–H groups in total. The van der Waals surface area contributed by atoms with Crippen LogP contribution in [-0.4, -0.2) is 9.13 Å². The van der Waals surface area contributed by atoms with Gasteiger partial charge in [0, 0.05) is 56.7 Å². The lowest BCUT2D eigenvalue weighted by Gasteiger charge is -2.13. The molecule has 0 saturated carbocycles. The molecule has 0 aliphatic carbocycles. The van der Waals surface area contributed by atoms with Crippen LogP contribution in [0.1, 0.15) is 18.1 Å². The Morgan fingerprint density at radius 1 is 0.429 bits per heavy atom. The van der Waals surface area contributed by atoms with Gasteiger partial charge in [0.15, 0.2) is 0 Å². The average molecular weight is 629 g/mol. The molecule has 0 spiro atoms. The molecule has 2 nitrogen and oxygen atoms in total. The Bertz CT molecular complexity index is 2690. The van der Waals surface area contributed by atoms with Crippen molar-refractivity contribution >= 4 is 49.7 Å². The fourth-order valence-corrected chi connectivity index (χ4v) is 7.72. The molecule has 0 atom stereocenters. The first-order chi connectivity index (χ1) is 24.2. The Morgan fingerprint density at radius 2 is 0.939 bits per heavy atom. The van der Waals surface area contributed by atoms with Crippen LogP contribution in [0.5, 0.6) is 0 Å². The quantitative estimate of drug-likeness (QED) is 0.166. The van der Waals surface area contributed by atoms with Crippen molar-refractivity contribution in [2.45, 2.75) is 20.0 Å². The second kappa shape index (κ2) is 11.8. The van der Waals surface area contributed by atoms with Crippen molar-refractivity contribution in [2.24, 2.45) is 0 Å². The van der Waals surface area contributed by atoms with Gasteiger partial charge in [-0.1, -0.05) is 110 Å². The van der Waals surface area contributed by atoms with Gasteiger partial charge < -0.3 is 9.13 Å². The van der Waals surface area contributed by atoms with E-state index in [1.807, 2.05) is 6.08 Å².